The van der Waals surface area contributed by atoms with Gasteiger partial charge < -0.3 is 15.1 Å². The number of carbonyl (C=O) groups is 1. The molecule has 1 aliphatic heterocycles. The standard InChI is InChI=1S/C28H35N5O/c1-4-32(5-2)25-14-10-22(11-15-25)19-30-28(34)24-7-6-18-33(20-24)26-16-17-29-27(31-26)23-12-8-21(3)9-13-23/h8-17,24H,4-7,18-20H2,1-3H3,(H,30,34). The molecule has 3 aromatic rings. The minimum Gasteiger partial charge on any atom is -0.372 e. The molecule has 6 nitrogen and oxygen atoms in total. The van der Waals surface area contributed by atoms with Gasteiger partial charge in [-0.05, 0) is 57.4 Å². The molecule has 0 spiro atoms. The normalized spacial score (nSPS) is 15.7. The maximum atomic E-state index is 13.0. The monoisotopic (exact) mass is 457 g/mol. The highest BCUT2D eigenvalue weighted by atomic mass is 16.1. The van der Waals surface area contributed by atoms with Crippen molar-refractivity contribution in [1.29, 1.82) is 0 Å². The van der Waals surface area contributed by atoms with Gasteiger partial charge in [-0.25, -0.2) is 9.97 Å². The third kappa shape index (κ3) is 5.74. The zero-order valence-corrected chi connectivity index (χ0v) is 20.5. The van der Waals surface area contributed by atoms with Crippen LogP contribution in [0.4, 0.5) is 11.5 Å². The number of anilines is 2. The lowest BCUT2D eigenvalue weighted by Crippen LogP contribution is -2.43. The van der Waals surface area contributed by atoms with E-state index in [9.17, 15) is 4.79 Å². The lowest BCUT2D eigenvalue weighted by Gasteiger charge is -2.33. The minimum atomic E-state index is -0.0403. The molecule has 0 saturated carbocycles. The average Bonchev–Trinajstić information content (AvgIpc) is 2.89. The van der Waals surface area contributed by atoms with Gasteiger partial charge in [-0.1, -0.05) is 42.0 Å². The van der Waals surface area contributed by atoms with Gasteiger partial charge in [-0.2, -0.15) is 0 Å². The largest absolute Gasteiger partial charge is 0.372 e. The summed E-state index contributed by atoms with van der Waals surface area (Å²) in [6.45, 7) is 10.5. The molecular weight excluding hydrogens is 422 g/mol. The summed E-state index contributed by atoms with van der Waals surface area (Å²) in [6.07, 6.45) is 3.68. The van der Waals surface area contributed by atoms with E-state index >= 15 is 0 Å². The van der Waals surface area contributed by atoms with Crippen LogP contribution in [0.1, 0.15) is 37.8 Å². The quantitative estimate of drug-likeness (QED) is 0.525. The average molecular weight is 458 g/mol. The third-order valence-electron chi connectivity index (χ3n) is 6.60. The highest BCUT2D eigenvalue weighted by Crippen LogP contribution is 2.24. The van der Waals surface area contributed by atoms with Crippen LogP contribution in [0.15, 0.2) is 60.8 Å². The van der Waals surface area contributed by atoms with Crippen molar-refractivity contribution in [2.24, 2.45) is 5.92 Å². The van der Waals surface area contributed by atoms with E-state index in [1.807, 2.05) is 12.3 Å². The molecule has 1 aliphatic rings. The van der Waals surface area contributed by atoms with Crippen LogP contribution in [0.3, 0.4) is 0 Å². The van der Waals surface area contributed by atoms with Crippen LogP contribution in [0, 0.1) is 12.8 Å². The molecule has 178 valence electrons. The summed E-state index contributed by atoms with van der Waals surface area (Å²) in [5.74, 6) is 1.68. The number of rotatable bonds is 8. The molecule has 1 fully saturated rings. The molecule has 0 radical (unpaired) electrons. The Morgan fingerprint density at radius 3 is 2.50 bits per heavy atom. The Morgan fingerprint density at radius 2 is 1.79 bits per heavy atom. The van der Waals surface area contributed by atoms with Gasteiger partial charge in [-0.15, -0.1) is 0 Å². The second kappa shape index (κ2) is 11.1. The molecule has 0 aliphatic carbocycles. The Morgan fingerprint density at radius 1 is 1.06 bits per heavy atom. The number of hydrogen-bond acceptors (Lipinski definition) is 5. The number of piperidine rings is 1. The Bertz CT molecular complexity index is 1080. The van der Waals surface area contributed by atoms with E-state index < -0.39 is 0 Å². The van der Waals surface area contributed by atoms with Gasteiger partial charge in [0.05, 0.1) is 5.92 Å². The number of nitrogens with one attached hydrogen (secondary N) is 1. The summed E-state index contributed by atoms with van der Waals surface area (Å²) in [5.41, 5.74) is 4.56. The van der Waals surface area contributed by atoms with Crippen molar-refractivity contribution in [3.63, 3.8) is 0 Å². The number of hydrogen-bond donors (Lipinski definition) is 1. The highest BCUT2D eigenvalue weighted by molar-refractivity contribution is 5.79. The van der Waals surface area contributed by atoms with Gasteiger partial charge >= 0.3 is 0 Å². The number of aromatic nitrogens is 2. The molecule has 34 heavy (non-hydrogen) atoms. The van der Waals surface area contributed by atoms with Gasteiger partial charge in [0.2, 0.25) is 5.91 Å². The third-order valence-corrected chi connectivity index (χ3v) is 6.60. The lowest BCUT2D eigenvalue weighted by molar-refractivity contribution is -0.125. The zero-order valence-electron chi connectivity index (χ0n) is 20.5. The molecule has 1 amide bonds. The molecule has 2 heterocycles. The topological polar surface area (TPSA) is 61.4 Å². The van der Waals surface area contributed by atoms with Crippen molar-refractivity contribution in [3.05, 3.63) is 71.9 Å². The first-order chi connectivity index (χ1) is 16.6. The van der Waals surface area contributed by atoms with Crippen LogP contribution in [0.2, 0.25) is 0 Å². The predicted molar refractivity (Wildman–Crippen MR) is 139 cm³/mol. The molecule has 4 rings (SSSR count). The first-order valence-corrected chi connectivity index (χ1v) is 12.3. The summed E-state index contributed by atoms with van der Waals surface area (Å²) in [6, 6.07) is 18.7. The number of aryl methyl sites for hydroxylation is 1. The molecule has 1 unspecified atom stereocenters. The van der Waals surface area contributed by atoms with Crippen LogP contribution in [-0.2, 0) is 11.3 Å². The summed E-state index contributed by atoms with van der Waals surface area (Å²) in [4.78, 5) is 26.7. The number of benzene rings is 2. The van der Waals surface area contributed by atoms with Crippen LogP contribution >= 0.6 is 0 Å². The summed E-state index contributed by atoms with van der Waals surface area (Å²) < 4.78 is 0. The Balaban J connectivity index is 1.36. The smallest absolute Gasteiger partial charge is 0.225 e. The van der Waals surface area contributed by atoms with Crippen molar-refractivity contribution < 1.29 is 4.79 Å². The van der Waals surface area contributed by atoms with Crippen molar-refractivity contribution in [1.82, 2.24) is 15.3 Å². The molecule has 1 saturated heterocycles. The molecular formula is C28H35N5O. The molecule has 1 atom stereocenters. The first kappa shape index (κ1) is 23.7. The summed E-state index contributed by atoms with van der Waals surface area (Å²) in [7, 11) is 0. The van der Waals surface area contributed by atoms with E-state index in [1.54, 1.807) is 0 Å². The van der Waals surface area contributed by atoms with Gasteiger partial charge in [0.1, 0.15) is 5.82 Å². The molecule has 1 N–H and O–H groups in total. The van der Waals surface area contributed by atoms with E-state index in [2.05, 4.69) is 89.4 Å². The van der Waals surface area contributed by atoms with Crippen molar-refractivity contribution in [2.75, 3.05) is 36.0 Å². The van der Waals surface area contributed by atoms with Crippen LogP contribution in [-0.4, -0.2) is 42.1 Å². The molecule has 6 heteroatoms. The van der Waals surface area contributed by atoms with E-state index in [-0.39, 0.29) is 11.8 Å². The Labute approximate surface area is 203 Å². The van der Waals surface area contributed by atoms with Gasteiger partial charge in [0, 0.05) is 50.2 Å². The second-order valence-electron chi connectivity index (χ2n) is 8.95. The first-order valence-electron chi connectivity index (χ1n) is 12.3. The Hall–Kier alpha value is -3.41. The van der Waals surface area contributed by atoms with Crippen LogP contribution in [0.25, 0.3) is 11.4 Å². The molecule has 2 aromatic carbocycles. The fourth-order valence-electron chi connectivity index (χ4n) is 4.51. The highest BCUT2D eigenvalue weighted by Gasteiger charge is 2.26. The number of carbonyl (C=O) groups excluding carboxylic acids is 1. The van der Waals surface area contributed by atoms with Crippen molar-refractivity contribution >= 4 is 17.4 Å². The van der Waals surface area contributed by atoms with Gasteiger partial charge in [0.25, 0.3) is 0 Å². The summed E-state index contributed by atoms with van der Waals surface area (Å²) >= 11 is 0. The van der Waals surface area contributed by atoms with E-state index in [1.165, 1.54) is 11.3 Å². The SMILES string of the molecule is CCN(CC)c1ccc(CNC(=O)C2CCCN(c3ccnc(-c4ccc(C)cc4)n3)C2)cc1. The molecule has 0 bridgehead atoms. The minimum absolute atomic E-state index is 0.0403. The maximum absolute atomic E-state index is 13.0. The van der Waals surface area contributed by atoms with Gasteiger partial charge in [0.15, 0.2) is 5.82 Å². The van der Waals surface area contributed by atoms with Crippen molar-refractivity contribution in [2.45, 2.75) is 40.2 Å². The summed E-state index contributed by atoms with van der Waals surface area (Å²) in [5, 5.41) is 3.15. The number of amides is 1. The fraction of sp³-hybridized carbons (Fsp3) is 0.393. The van der Waals surface area contributed by atoms with Crippen LogP contribution in [0.5, 0.6) is 0 Å². The predicted octanol–water partition coefficient (Wildman–Crippen LogP) is 4.83. The fourth-order valence-corrected chi connectivity index (χ4v) is 4.51. The Kier molecular flexibility index (Phi) is 7.78. The van der Waals surface area contributed by atoms with E-state index in [4.69, 9.17) is 4.98 Å². The van der Waals surface area contributed by atoms with Crippen LogP contribution < -0.4 is 15.1 Å². The number of nitrogens with zero attached hydrogens (tertiary/aromatic N) is 4. The van der Waals surface area contributed by atoms with Crippen molar-refractivity contribution in [3.8, 4) is 11.4 Å². The second-order valence-corrected chi connectivity index (χ2v) is 8.95. The van der Waals surface area contributed by atoms with Gasteiger partial charge in [-0.3, -0.25) is 4.79 Å². The van der Waals surface area contributed by atoms with E-state index in [0.29, 0.717) is 13.1 Å². The van der Waals surface area contributed by atoms with E-state index in [0.717, 1.165) is 55.2 Å². The molecule has 1 aromatic heterocycles. The zero-order chi connectivity index (χ0) is 23.9. The lowest BCUT2D eigenvalue weighted by atomic mass is 9.97. The maximum Gasteiger partial charge on any atom is 0.225 e.